The predicted octanol–water partition coefficient (Wildman–Crippen LogP) is 4.11. The summed E-state index contributed by atoms with van der Waals surface area (Å²) in [5.74, 6) is 0.464. The minimum atomic E-state index is -0.459. The standard InChI is InChI=1S/C28H37N9O2/c1-9-32-21-15-33-27(37(10-2)16-18(4)29)36-24(21)25(31)34-20-13-19(12-11-17(20)3)26(38)35-23(30)14-22(39-8)28(5,6)7/h9-16,34H,1-2,29,31H2,3-8H3,(H2,30,35,38)/b18-16-,22-14-,25-24-,32-21-. The fourth-order valence-electron chi connectivity index (χ4n) is 3.34. The molecule has 0 spiro atoms. The van der Waals surface area contributed by atoms with Crippen molar-refractivity contribution < 1.29 is 9.53 Å². The molecule has 39 heavy (non-hydrogen) atoms. The number of carbonyl (C=O) groups excluding carboxylic acids is 1. The van der Waals surface area contributed by atoms with Gasteiger partial charge < -0.3 is 26.8 Å². The Kier molecular flexibility index (Phi) is 10.1. The number of amidine groups is 1. The zero-order chi connectivity index (χ0) is 29.3. The van der Waals surface area contributed by atoms with Crippen molar-refractivity contribution >= 4 is 35.3 Å². The lowest BCUT2D eigenvalue weighted by atomic mass is 9.93. The topological polar surface area (TPSA) is 167 Å². The number of aryl methyl sites for hydroxylation is 1. The van der Waals surface area contributed by atoms with Gasteiger partial charge in [0.1, 0.15) is 28.8 Å². The molecule has 1 aromatic rings. The van der Waals surface area contributed by atoms with Crippen molar-refractivity contribution in [1.82, 2.24) is 10.2 Å². The molecule has 0 fully saturated rings. The SMILES string of the molecule is C=C/N=C1/C=NC(N(C=C)/C=C(/C)N)=N/C1=C(/N)Nc1cc(C(=O)NC(=N)/C=C(\OC)C(C)(C)C)ccc1C. The number of hydrogen-bond donors (Lipinski definition) is 5. The molecule has 7 N–H and O–H groups in total. The first-order valence-electron chi connectivity index (χ1n) is 12.0. The molecule has 0 saturated carbocycles. The molecular formula is C28H37N9O2. The van der Waals surface area contributed by atoms with Gasteiger partial charge in [0.25, 0.3) is 5.91 Å². The third-order valence-corrected chi connectivity index (χ3v) is 5.26. The quantitative estimate of drug-likeness (QED) is 0.192. The van der Waals surface area contributed by atoms with E-state index in [1.807, 2.05) is 27.7 Å². The summed E-state index contributed by atoms with van der Waals surface area (Å²) < 4.78 is 5.37. The molecular weight excluding hydrogens is 494 g/mol. The van der Waals surface area contributed by atoms with Gasteiger partial charge in [-0.05, 0) is 31.5 Å². The van der Waals surface area contributed by atoms with Crippen LogP contribution in [0, 0.1) is 17.7 Å². The zero-order valence-electron chi connectivity index (χ0n) is 23.3. The van der Waals surface area contributed by atoms with Crippen LogP contribution in [0.1, 0.15) is 43.6 Å². The summed E-state index contributed by atoms with van der Waals surface area (Å²) in [6.45, 7) is 16.9. The first kappa shape index (κ1) is 30.3. The second-order valence-electron chi connectivity index (χ2n) is 9.58. The highest BCUT2D eigenvalue weighted by Crippen LogP contribution is 2.25. The maximum Gasteiger partial charge on any atom is 0.256 e. The molecule has 206 valence electrons. The van der Waals surface area contributed by atoms with Crippen LogP contribution in [0.3, 0.4) is 0 Å². The van der Waals surface area contributed by atoms with Crippen LogP contribution >= 0.6 is 0 Å². The number of ether oxygens (including phenoxy) is 1. The normalized spacial score (nSPS) is 16.3. The predicted molar refractivity (Wildman–Crippen MR) is 159 cm³/mol. The number of benzene rings is 1. The molecule has 0 saturated heterocycles. The lowest BCUT2D eigenvalue weighted by molar-refractivity contribution is 0.0977. The van der Waals surface area contributed by atoms with E-state index in [9.17, 15) is 4.79 Å². The molecule has 1 heterocycles. The van der Waals surface area contributed by atoms with Gasteiger partial charge in [0.2, 0.25) is 5.96 Å². The minimum Gasteiger partial charge on any atom is -0.500 e. The second kappa shape index (κ2) is 13.0. The largest absolute Gasteiger partial charge is 0.500 e. The average Bonchev–Trinajstić information content (AvgIpc) is 2.86. The molecule has 0 bridgehead atoms. The molecule has 0 unspecified atom stereocenters. The molecule has 0 atom stereocenters. The van der Waals surface area contributed by atoms with Gasteiger partial charge in [0.05, 0.1) is 13.3 Å². The van der Waals surface area contributed by atoms with Crippen molar-refractivity contribution in [2.45, 2.75) is 34.6 Å². The van der Waals surface area contributed by atoms with E-state index in [0.29, 0.717) is 34.1 Å². The van der Waals surface area contributed by atoms with Crippen LogP contribution in [-0.4, -0.2) is 41.6 Å². The summed E-state index contributed by atoms with van der Waals surface area (Å²) >= 11 is 0. The number of nitrogens with one attached hydrogen (secondary N) is 3. The molecule has 0 radical (unpaired) electrons. The Labute approximate surface area is 229 Å². The maximum atomic E-state index is 12.9. The van der Waals surface area contributed by atoms with Crippen molar-refractivity contribution in [2.75, 3.05) is 12.4 Å². The summed E-state index contributed by atoms with van der Waals surface area (Å²) in [4.78, 5) is 27.5. The van der Waals surface area contributed by atoms with Crippen molar-refractivity contribution in [2.24, 2.45) is 31.9 Å². The summed E-state index contributed by atoms with van der Waals surface area (Å²) in [6, 6.07) is 5.07. The van der Waals surface area contributed by atoms with E-state index < -0.39 is 5.91 Å². The lowest BCUT2D eigenvalue weighted by Crippen LogP contribution is -2.30. The van der Waals surface area contributed by atoms with Gasteiger partial charge >= 0.3 is 0 Å². The number of carbonyl (C=O) groups is 1. The van der Waals surface area contributed by atoms with E-state index in [2.05, 4.69) is 38.8 Å². The Hall–Kier alpha value is -4.93. The summed E-state index contributed by atoms with van der Waals surface area (Å²) in [5.41, 5.74) is 14.9. The van der Waals surface area contributed by atoms with Gasteiger partial charge in [-0.1, -0.05) is 40.0 Å². The average molecular weight is 532 g/mol. The van der Waals surface area contributed by atoms with Gasteiger partial charge in [-0.15, -0.1) is 0 Å². The van der Waals surface area contributed by atoms with E-state index in [1.54, 1.807) is 36.2 Å². The number of guanidine groups is 1. The number of hydrogen-bond acceptors (Lipinski definition) is 10. The second-order valence-corrected chi connectivity index (χ2v) is 9.58. The number of methoxy groups -OCH3 is 1. The van der Waals surface area contributed by atoms with E-state index in [4.69, 9.17) is 21.6 Å². The van der Waals surface area contributed by atoms with Crippen LogP contribution in [0.15, 0.2) is 94.0 Å². The number of allylic oxidation sites excluding steroid dienone is 3. The van der Waals surface area contributed by atoms with Crippen LogP contribution in [-0.2, 0) is 4.74 Å². The van der Waals surface area contributed by atoms with Crippen LogP contribution < -0.4 is 22.1 Å². The van der Waals surface area contributed by atoms with Crippen LogP contribution in [0.5, 0.6) is 0 Å². The van der Waals surface area contributed by atoms with Crippen molar-refractivity contribution in [3.63, 3.8) is 0 Å². The van der Waals surface area contributed by atoms with Gasteiger partial charge in [0, 0.05) is 47.0 Å². The van der Waals surface area contributed by atoms with Crippen LogP contribution in [0.25, 0.3) is 0 Å². The highest BCUT2D eigenvalue weighted by molar-refractivity contribution is 6.41. The maximum absolute atomic E-state index is 12.9. The Balaban J connectivity index is 2.41. The first-order valence-corrected chi connectivity index (χ1v) is 12.0. The van der Waals surface area contributed by atoms with Crippen molar-refractivity contribution in [3.05, 3.63) is 90.1 Å². The molecule has 2 rings (SSSR count). The lowest BCUT2D eigenvalue weighted by Gasteiger charge is -2.21. The first-order chi connectivity index (χ1) is 18.3. The summed E-state index contributed by atoms with van der Waals surface area (Å²) in [5, 5.41) is 13.9. The number of aliphatic imine (C=N–C) groups is 3. The highest BCUT2D eigenvalue weighted by atomic mass is 16.5. The van der Waals surface area contributed by atoms with Crippen molar-refractivity contribution in [3.8, 4) is 0 Å². The molecule has 1 aliphatic heterocycles. The van der Waals surface area contributed by atoms with E-state index >= 15 is 0 Å². The fraction of sp³-hybridized carbons (Fsp3) is 0.250. The fourth-order valence-corrected chi connectivity index (χ4v) is 3.34. The molecule has 11 nitrogen and oxygen atoms in total. The smallest absolute Gasteiger partial charge is 0.256 e. The zero-order valence-corrected chi connectivity index (χ0v) is 23.3. The summed E-state index contributed by atoms with van der Waals surface area (Å²) in [6.07, 6.45) is 7.49. The third-order valence-electron chi connectivity index (χ3n) is 5.26. The Morgan fingerprint density at radius 2 is 1.95 bits per heavy atom. The molecule has 1 aliphatic rings. The Morgan fingerprint density at radius 1 is 1.26 bits per heavy atom. The molecule has 0 aliphatic carbocycles. The molecule has 0 aromatic heterocycles. The number of rotatable bonds is 8. The minimum absolute atomic E-state index is 0.0920. The van der Waals surface area contributed by atoms with Crippen molar-refractivity contribution in [1.29, 1.82) is 5.41 Å². The summed E-state index contributed by atoms with van der Waals surface area (Å²) in [7, 11) is 1.53. The van der Waals surface area contributed by atoms with Gasteiger partial charge in [-0.3, -0.25) is 20.1 Å². The van der Waals surface area contributed by atoms with Crippen LogP contribution in [0.2, 0.25) is 0 Å². The molecule has 1 aromatic carbocycles. The third kappa shape index (κ3) is 8.29. The van der Waals surface area contributed by atoms with E-state index in [1.165, 1.54) is 31.8 Å². The Bertz CT molecular complexity index is 1330. The van der Waals surface area contributed by atoms with Crippen LogP contribution in [0.4, 0.5) is 5.69 Å². The van der Waals surface area contributed by atoms with Gasteiger partial charge in [-0.2, -0.15) is 0 Å². The molecule has 1 amide bonds. The number of nitrogens with two attached hydrogens (primary N) is 2. The highest BCUT2D eigenvalue weighted by Gasteiger charge is 2.20. The van der Waals surface area contributed by atoms with Gasteiger partial charge in [0.15, 0.2) is 0 Å². The van der Waals surface area contributed by atoms with Gasteiger partial charge in [-0.25, -0.2) is 9.98 Å². The number of amides is 1. The molecule has 11 heteroatoms. The number of nitrogens with zero attached hydrogens (tertiary/aromatic N) is 4. The monoisotopic (exact) mass is 531 g/mol. The van der Waals surface area contributed by atoms with E-state index in [0.717, 1.165) is 5.56 Å². The van der Waals surface area contributed by atoms with E-state index in [-0.39, 0.29) is 23.0 Å². The Morgan fingerprint density at radius 3 is 2.51 bits per heavy atom. The number of anilines is 1.